The van der Waals surface area contributed by atoms with Crippen molar-refractivity contribution < 1.29 is 0 Å². The first-order valence-electron chi connectivity index (χ1n) is 10.4. The molecule has 0 amide bonds. The Balaban J connectivity index is 2.24. The van der Waals surface area contributed by atoms with Crippen molar-refractivity contribution in [2.45, 2.75) is 39.3 Å². The fourth-order valence-electron chi connectivity index (χ4n) is 5.05. The van der Waals surface area contributed by atoms with Crippen LogP contribution in [0.5, 0.6) is 0 Å². The van der Waals surface area contributed by atoms with Crippen LogP contribution in [0.4, 0.5) is 0 Å². The van der Waals surface area contributed by atoms with Crippen LogP contribution in [-0.4, -0.2) is 16.1 Å². The second-order valence-corrected chi connectivity index (χ2v) is 22.1. The molecule has 0 saturated carbocycles. The Kier molecular flexibility index (Phi) is 4.37. The van der Waals surface area contributed by atoms with Gasteiger partial charge in [0.15, 0.2) is 0 Å². The Morgan fingerprint density at radius 2 is 1.27 bits per heavy atom. The lowest BCUT2D eigenvalue weighted by molar-refractivity contribution is 1.75. The molecule has 0 saturated heterocycles. The molecule has 2 heterocycles. The molecule has 0 aliphatic heterocycles. The van der Waals surface area contributed by atoms with Crippen LogP contribution in [0, 0.1) is 12.3 Å². The maximum Gasteiger partial charge on any atom is 0.0792 e. The molecule has 30 heavy (non-hydrogen) atoms. The highest BCUT2D eigenvalue weighted by molar-refractivity contribution is 7.18. The standard InChI is InChI=1S/C26H26S2Si2/c1-8-16-15-28-21-12-10-19-24(22(16)21)26(30(5,6)7)18-9-11-20-17(13-14-27-20)23(18)25(19)29(2,3)4/h1,9-15H,2-7H3. The normalized spacial score (nSPS) is 13.0. The lowest BCUT2D eigenvalue weighted by atomic mass is 9.97. The molecule has 0 aliphatic carbocycles. The van der Waals surface area contributed by atoms with Crippen molar-refractivity contribution in [1.29, 1.82) is 0 Å². The van der Waals surface area contributed by atoms with Gasteiger partial charge in [-0.05, 0) is 55.5 Å². The first kappa shape index (κ1) is 20.0. The van der Waals surface area contributed by atoms with Crippen molar-refractivity contribution in [3.05, 3.63) is 46.7 Å². The van der Waals surface area contributed by atoms with Gasteiger partial charge < -0.3 is 0 Å². The maximum atomic E-state index is 5.99. The van der Waals surface area contributed by atoms with E-state index < -0.39 is 16.1 Å². The Bertz CT molecular complexity index is 1510. The molecule has 0 spiro atoms. The number of fused-ring (bicyclic) bond motifs is 6. The average Bonchev–Trinajstić information content (AvgIpc) is 3.30. The molecule has 3 aromatic carbocycles. The highest BCUT2D eigenvalue weighted by Gasteiger charge is 2.31. The molecule has 5 aromatic rings. The monoisotopic (exact) mass is 458 g/mol. The van der Waals surface area contributed by atoms with Crippen molar-refractivity contribution >= 4 is 90.9 Å². The Morgan fingerprint density at radius 3 is 1.90 bits per heavy atom. The summed E-state index contributed by atoms with van der Waals surface area (Å²) in [5.41, 5.74) is 1.05. The number of thiophene rings is 2. The quantitative estimate of drug-likeness (QED) is 0.146. The second-order valence-electron chi connectivity index (χ2n) is 10.2. The predicted octanol–water partition coefficient (Wildman–Crippen LogP) is 7.49. The van der Waals surface area contributed by atoms with E-state index in [-0.39, 0.29) is 0 Å². The van der Waals surface area contributed by atoms with Gasteiger partial charge in [-0.2, -0.15) is 0 Å². The number of hydrogen-bond acceptors (Lipinski definition) is 2. The van der Waals surface area contributed by atoms with Crippen molar-refractivity contribution in [2.75, 3.05) is 0 Å². The van der Waals surface area contributed by atoms with Crippen molar-refractivity contribution in [1.82, 2.24) is 0 Å². The molecule has 2 aromatic heterocycles. The summed E-state index contributed by atoms with van der Waals surface area (Å²) in [4.78, 5) is 0. The van der Waals surface area contributed by atoms with Gasteiger partial charge in [0.1, 0.15) is 0 Å². The Hall–Kier alpha value is -1.91. The molecular formula is C26H26S2Si2. The molecule has 0 radical (unpaired) electrons. The Morgan fingerprint density at radius 1 is 0.667 bits per heavy atom. The van der Waals surface area contributed by atoms with E-state index in [0.29, 0.717) is 0 Å². The molecule has 0 bridgehead atoms. The molecular weight excluding hydrogens is 433 g/mol. The first-order valence-corrected chi connectivity index (χ1v) is 19.2. The van der Waals surface area contributed by atoms with Crippen molar-refractivity contribution in [2.24, 2.45) is 0 Å². The van der Waals surface area contributed by atoms with Gasteiger partial charge in [0.25, 0.3) is 0 Å². The van der Waals surface area contributed by atoms with Gasteiger partial charge in [0.2, 0.25) is 0 Å². The minimum atomic E-state index is -1.68. The van der Waals surface area contributed by atoms with Gasteiger partial charge in [-0.1, -0.05) is 57.3 Å². The summed E-state index contributed by atoms with van der Waals surface area (Å²) in [6.45, 7) is 14.9. The smallest absolute Gasteiger partial charge is 0.0792 e. The van der Waals surface area contributed by atoms with Gasteiger partial charge >= 0.3 is 0 Å². The highest BCUT2D eigenvalue weighted by atomic mass is 32.1. The summed E-state index contributed by atoms with van der Waals surface area (Å²) in [6, 6.07) is 11.8. The predicted molar refractivity (Wildman–Crippen MR) is 146 cm³/mol. The third kappa shape index (κ3) is 2.76. The molecule has 5 rings (SSSR count). The molecule has 0 unspecified atom stereocenters. The summed E-state index contributed by atoms with van der Waals surface area (Å²) in [6.07, 6.45) is 5.99. The number of terminal acetylenes is 1. The van der Waals surface area contributed by atoms with Crippen LogP contribution in [0.1, 0.15) is 5.56 Å². The Labute approximate surface area is 188 Å². The molecule has 0 N–H and O–H groups in total. The van der Waals surface area contributed by atoms with E-state index in [2.05, 4.69) is 86.3 Å². The van der Waals surface area contributed by atoms with E-state index in [0.717, 1.165) is 5.56 Å². The zero-order chi connectivity index (χ0) is 21.4. The molecule has 150 valence electrons. The van der Waals surface area contributed by atoms with E-state index >= 15 is 0 Å². The minimum absolute atomic E-state index is 1.05. The van der Waals surface area contributed by atoms with Crippen LogP contribution in [0.25, 0.3) is 41.7 Å². The molecule has 0 atom stereocenters. The van der Waals surface area contributed by atoms with E-state index in [1.807, 2.05) is 11.3 Å². The fraction of sp³-hybridized carbons (Fsp3) is 0.231. The highest BCUT2D eigenvalue weighted by Crippen LogP contribution is 2.38. The van der Waals surface area contributed by atoms with E-state index in [9.17, 15) is 0 Å². The van der Waals surface area contributed by atoms with Crippen LogP contribution in [-0.2, 0) is 0 Å². The third-order valence-corrected chi connectivity index (χ3v) is 11.9. The summed E-state index contributed by atoms with van der Waals surface area (Å²) in [5.74, 6) is 2.99. The second kappa shape index (κ2) is 6.54. The average molecular weight is 459 g/mol. The SMILES string of the molecule is C#Cc1csc2ccc3c([Si](C)(C)C)c4c(ccc5sccc54)c([Si](C)(C)C)c3c12. The summed E-state index contributed by atoms with van der Waals surface area (Å²) in [5, 5.41) is 16.2. The molecule has 0 nitrogen and oxygen atoms in total. The molecule has 0 fully saturated rings. The van der Waals surface area contributed by atoms with Crippen LogP contribution in [0.2, 0.25) is 39.3 Å². The number of benzene rings is 3. The van der Waals surface area contributed by atoms with E-state index in [1.54, 1.807) is 21.7 Å². The number of hydrogen-bond donors (Lipinski definition) is 0. The molecule has 4 heteroatoms. The van der Waals surface area contributed by atoms with E-state index in [4.69, 9.17) is 6.42 Å². The zero-order valence-electron chi connectivity index (χ0n) is 18.4. The fourth-order valence-corrected chi connectivity index (χ4v) is 10.8. The van der Waals surface area contributed by atoms with E-state index in [1.165, 1.54) is 41.7 Å². The van der Waals surface area contributed by atoms with Gasteiger partial charge in [0.05, 0.1) is 16.1 Å². The first-order chi connectivity index (χ1) is 14.1. The van der Waals surface area contributed by atoms with Crippen LogP contribution in [0.15, 0.2) is 41.1 Å². The zero-order valence-corrected chi connectivity index (χ0v) is 22.1. The lowest BCUT2D eigenvalue weighted by Crippen LogP contribution is -2.44. The summed E-state index contributed by atoms with van der Waals surface area (Å²) >= 11 is 3.63. The summed E-state index contributed by atoms with van der Waals surface area (Å²) < 4.78 is 2.70. The van der Waals surface area contributed by atoms with Crippen LogP contribution < -0.4 is 10.4 Å². The summed E-state index contributed by atoms with van der Waals surface area (Å²) in [7, 11) is -3.34. The van der Waals surface area contributed by atoms with Crippen molar-refractivity contribution in [3.8, 4) is 12.3 Å². The minimum Gasteiger partial charge on any atom is -0.144 e. The molecule has 0 aliphatic rings. The van der Waals surface area contributed by atoms with Gasteiger partial charge in [-0.15, -0.1) is 29.1 Å². The van der Waals surface area contributed by atoms with Gasteiger partial charge in [0, 0.05) is 31.1 Å². The topological polar surface area (TPSA) is 0 Å². The lowest BCUT2D eigenvalue weighted by Gasteiger charge is -2.29. The van der Waals surface area contributed by atoms with Crippen molar-refractivity contribution in [3.63, 3.8) is 0 Å². The number of rotatable bonds is 2. The maximum absolute atomic E-state index is 5.99. The van der Waals surface area contributed by atoms with Crippen LogP contribution >= 0.6 is 22.7 Å². The van der Waals surface area contributed by atoms with Gasteiger partial charge in [-0.25, -0.2) is 0 Å². The van der Waals surface area contributed by atoms with Crippen LogP contribution in [0.3, 0.4) is 0 Å². The third-order valence-electron chi connectivity index (χ3n) is 6.07. The van der Waals surface area contributed by atoms with Gasteiger partial charge in [-0.3, -0.25) is 0 Å². The largest absolute Gasteiger partial charge is 0.144 e.